The number of benzene rings is 3. The molecular formula is C23H23FN2O2. The Morgan fingerprint density at radius 2 is 1.68 bits per heavy atom. The van der Waals surface area contributed by atoms with E-state index < -0.39 is 5.82 Å². The Kier molecular flexibility index (Phi) is 6.40. The summed E-state index contributed by atoms with van der Waals surface area (Å²) in [5.41, 5.74) is 3.75. The SMILES string of the molecule is COc1ccc(CN(C)CC(=O)Nc2ccc(-c3ccccc3)cc2)cc1F. The number of rotatable bonds is 7. The lowest BCUT2D eigenvalue weighted by molar-refractivity contribution is -0.117. The largest absolute Gasteiger partial charge is 0.494 e. The third-order valence-corrected chi connectivity index (χ3v) is 4.36. The molecule has 4 nitrogen and oxygen atoms in total. The quantitative estimate of drug-likeness (QED) is 0.655. The van der Waals surface area contributed by atoms with Gasteiger partial charge in [0.1, 0.15) is 0 Å². The van der Waals surface area contributed by atoms with Crippen molar-refractivity contribution in [3.05, 3.63) is 84.2 Å². The number of nitrogens with one attached hydrogen (secondary N) is 1. The fraction of sp³-hybridized carbons (Fsp3) is 0.174. The van der Waals surface area contributed by atoms with Crippen molar-refractivity contribution in [3.63, 3.8) is 0 Å². The zero-order valence-corrected chi connectivity index (χ0v) is 16.0. The van der Waals surface area contributed by atoms with Crippen LogP contribution in [0.1, 0.15) is 5.56 Å². The zero-order chi connectivity index (χ0) is 19.9. The van der Waals surface area contributed by atoms with E-state index in [9.17, 15) is 9.18 Å². The number of amides is 1. The van der Waals surface area contributed by atoms with Crippen molar-refractivity contribution in [2.24, 2.45) is 0 Å². The molecular weight excluding hydrogens is 355 g/mol. The molecule has 0 heterocycles. The summed E-state index contributed by atoms with van der Waals surface area (Å²) in [6, 6.07) is 22.6. The highest BCUT2D eigenvalue weighted by Crippen LogP contribution is 2.21. The first-order valence-electron chi connectivity index (χ1n) is 9.01. The summed E-state index contributed by atoms with van der Waals surface area (Å²) < 4.78 is 18.7. The van der Waals surface area contributed by atoms with E-state index in [-0.39, 0.29) is 18.2 Å². The Labute approximate surface area is 164 Å². The molecule has 0 radical (unpaired) electrons. The minimum absolute atomic E-state index is 0.121. The van der Waals surface area contributed by atoms with Gasteiger partial charge in [0, 0.05) is 12.2 Å². The molecule has 0 saturated carbocycles. The number of carbonyl (C=O) groups excluding carboxylic acids is 1. The van der Waals surface area contributed by atoms with Crippen LogP contribution < -0.4 is 10.1 Å². The van der Waals surface area contributed by atoms with E-state index in [0.717, 1.165) is 22.4 Å². The van der Waals surface area contributed by atoms with E-state index in [1.54, 1.807) is 12.1 Å². The molecule has 0 atom stereocenters. The van der Waals surface area contributed by atoms with Gasteiger partial charge in [-0.15, -0.1) is 0 Å². The van der Waals surface area contributed by atoms with E-state index in [2.05, 4.69) is 5.32 Å². The molecule has 0 aliphatic heterocycles. The molecule has 0 saturated heterocycles. The van der Waals surface area contributed by atoms with Crippen LogP contribution in [-0.4, -0.2) is 31.5 Å². The average molecular weight is 378 g/mol. The summed E-state index contributed by atoms with van der Waals surface area (Å²) in [6.07, 6.45) is 0. The molecule has 1 amide bonds. The van der Waals surface area contributed by atoms with Gasteiger partial charge in [-0.2, -0.15) is 0 Å². The van der Waals surface area contributed by atoms with Crippen molar-refractivity contribution < 1.29 is 13.9 Å². The molecule has 3 aromatic carbocycles. The normalized spacial score (nSPS) is 10.7. The van der Waals surface area contributed by atoms with Crippen molar-refractivity contribution in [1.82, 2.24) is 4.90 Å². The fourth-order valence-electron chi connectivity index (χ4n) is 3.00. The number of anilines is 1. The molecule has 0 aromatic heterocycles. The Morgan fingerprint density at radius 1 is 1.00 bits per heavy atom. The molecule has 3 rings (SSSR count). The van der Waals surface area contributed by atoms with Crippen LogP contribution in [0.2, 0.25) is 0 Å². The van der Waals surface area contributed by atoms with Gasteiger partial charge < -0.3 is 10.1 Å². The van der Waals surface area contributed by atoms with Crippen molar-refractivity contribution in [1.29, 1.82) is 0 Å². The first-order valence-corrected chi connectivity index (χ1v) is 9.01. The van der Waals surface area contributed by atoms with Gasteiger partial charge in [0.2, 0.25) is 5.91 Å². The molecule has 0 unspecified atom stereocenters. The van der Waals surface area contributed by atoms with Crippen molar-refractivity contribution in [2.75, 3.05) is 26.0 Å². The Hall–Kier alpha value is -3.18. The first kappa shape index (κ1) is 19.6. The maximum Gasteiger partial charge on any atom is 0.238 e. The molecule has 0 bridgehead atoms. The lowest BCUT2D eigenvalue weighted by atomic mass is 10.1. The van der Waals surface area contributed by atoms with E-state index in [0.29, 0.717) is 6.54 Å². The Balaban J connectivity index is 1.54. The molecule has 0 fully saturated rings. The highest BCUT2D eigenvalue weighted by atomic mass is 19.1. The molecule has 0 aliphatic rings. The Morgan fingerprint density at radius 3 is 2.32 bits per heavy atom. The van der Waals surface area contributed by atoms with Crippen LogP contribution in [0.5, 0.6) is 5.75 Å². The van der Waals surface area contributed by atoms with E-state index in [1.165, 1.54) is 13.2 Å². The maximum atomic E-state index is 13.8. The number of halogens is 1. The number of hydrogen-bond donors (Lipinski definition) is 1. The third kappa shape index (κ3) is 5.18. The van der Waals surface area contributed by atoms with Gasteiger partial charge in [0.05, 0.1) is 13.7 Å². The number of carbonyl (C=O) groups is 1. The topological polar surface area (TPSA) is 41.6 Å². The molecule has 5 heteroatoms. The predicted octanol–water partition coefficient (Wildman–Crippen LogP) is 4.57. The highest BCUT2D eigenvalue weighted by Gasteiger charge is 2.10. The van der Waals surface area contributed by atoms with Gasteiger partial charge in [-0.3, -0.25) is 9.69 Å². The Bertz CT molecular complexity index is 927. The highest BCUT2D eigenvalue weighted by molar-refractivity contribution is 5.92. The zero-order valence-electron chi connectivity index (χ0n) is 16.0. The van der Waals surface area contributed by atoms with E-state index in [4.69, 9.17) is 4.74 Å². The molecule has 1 N–H and O–H groups in total. The second kappa shape index (κ2) is 9.15. The van der Waals surface area contributed by atoms with Crippen LogP contribution in [-0.2, 0) is 11.3 Å². The number of nitrogens with zero attached hydrogens (tertiary/aromatic N) is 1. The molecule has 3 aromatic rings. The van der Waals surface area contributed by atoms with Crippen LogP contribution in [0.25, 0.3) is 11.1 Å². The van der Waals surface area contributed by atoms with Gasteiger partial charge >= 0.3 is 0 Å². The second-order valence-electron chi connectivity index (χ2n) is 6.63. The summed E-state index contributed by atoms with van der Waals surface area (Å²) in [4.78, 5) is 14.1. The number of hydrogen-bond acceptors (Lipinski definition) is 3. The van der Waals surface area contributed by atoms with Gasteiger partial charge in [0.15, 0.2) is 11.6 Å². The van der Waals surface area contributed by atoms with Gasteiger partial charge in [-0.1, -0.05) is 48.5 Å². The monoisotopic (exact) mass is 378 g/mol. The summed E-state index contributed by atoms with van der Waals surface area (Å²) in [5.74, 6) is -0.316. The second-order valence-corrected chi connectivity index (χ2v) is 6.63. The minimum Gasteiger partial charge on any atom is -0.494 e. The van der Waals surface area contributed by atoms with E-state index in [1.807, 2.05) is 66.5 Å². The number of methoxy groups -OCH3 is 1. The maximum absolute atomic E-state index is 13.8. The lowest BCUT2D eigenvalue weighted by Gasteiger charge is -2.17. The molecule has 0 aliphatic carbocycles. The number of ether oxygens (including phenoxy) is 1. The van der Waals surface area contributed by atoms with Crippen molar-refractivity contribution in [2.45, 2.75) is 6.54 Å². The van der Waals surface area contributed by atoms with Crippen LogP contribution in [0.4, 0.5) is 10.1 Å². The van der Waals surface area contributed by atoms with Crippen LogP contribution in [0, 0.1) is 5.82 Å². The smallest absolute Gasteiger partial charge is 0.238 e. The third-order valence-electron chi connectivity index (χ3n) is 4.36. The summed E-state index contributed by atoms with van der Waals surface area (Å²) in [6.45, 7) is 0.662. The minimum atomic E-state index is -0.406. The molecule has 0 spiro atoms. The van der Waals surface area contributed by atoms with Crippen LogP contribution in [0.3, 0.4) is 0 Å². The van der Waals surface area contributed by atoms with E-state index >= 15 is 0 Å². The predicted molar refractivity (Wildman–Crippen MR) is 110 cm³/mol. The van der Waals surface area contributed by atoms with Crippen molar-refractivity contribution in [3.8, 4) is 16.9 Å². The first-order chi connectivity index (χ1) is 13.5. The lowest BCUT2D eigenvalue weighted by Crippen LogP contribution is -2.29. The average Bonchev–Trinajstić information content (AvgIpc) is 2.69. The van der Waals surface area contributed by atoms with Gasteiger partial charge in [0.25, 0.3) is 0 Å². The van der Waals surface area contributed by atoms with Crippen LogP contribution in [0.15, 0.2) is 72.8 Å². The standard InChI is InChI=1S/C23H23FN2O2/c1-26(15-17-8-13-22(28-2)21(24)14-17)16-23(27)25-20-11-9-19(10-12-20)18-6-4-3-5-7-18/h3-14H,15-16H2,1-2H3,(H,25,27). The summed E-state index contributed by atoms with van der Waals surface area (Å²) >= 11 is 0. The van der Waals surface area contributed by atoms with Gasteiger partial charge in [-0.05, 0) is 48.0 Å². The van der Waals surface area contributed by atoms with Crippen LogP contribution >= 0.6 is 0 Å². The van der Waals surface area contributed by atoms with Crippen molar-refractivity contribution >= 4 is 11.6 Å². The summed E-state index contributed by atoms with van der Waals surface area (Å²) in [7, 11) is 3.25. The fourth-order valence-corrected chi connectivity index (χ4v) is 3.00. The number of likely N-dealkylation sites (N-methyl/N-ethyl adjacent to an activating group) is 1. The molecule has 144 valence electrons. The van der Waals surface area contributed by atoms with Gasteiger partial charge in [-0.25, -0.2) is 4.39 Å². The summed E-state index contributed by atoms with van der Waals surface area (Å²) in [5, 5.41) is 2.89. The molecule has 28 heavy (non-hydrogen) atoms.